The van der Waals surface area contributed by atoms with E-state index in [1.54, 1.807) is 29.3 Å². The van der Waals surface area contributed by atoms with Crippen molar-refractivity contribution < 1.29 is 9.53 Å². The Labute approximate surface area is 151 Å². The Bertz CT molecular complexity index is 726. The fourth-order valence-electron chi connectivity index (χ4n) is 2.72. The molecule has 2 aromatic rings. The van der Waals surface area contributed by atoms with E-state index in [9.17, 15) is 4.79 Å². The molecule has 1 aliphatic rings. The molecule has 24 heavy (non-hydrogen) atoms. The van der Waals surface area contributed by atoms with Crippen LogP contribution in [0.1, 0.15) is 28.9 Å². The van der Waals surface area contributed by atoms with Gasteiger partial charge in [0.2, 0.25) is 0 Å². The molecule has 1 fully saturated rings. The van der Waals surface area contributed by atoms with Crippen molar-refractivity contribution in [2.45, 2.75) is 25.9 Å². The lowest BCUT2D eigenvalue weighted by atomic mass is 10.1. The van der Waals surface area contributed by atoms with Crippen LogP contribution in [0.25, 0.3) is 0 Å². The van der Waals surface area contributed by atoms with E-state index >= 15 is 0 Å². The third-order valence-electron chi connectivity index (χ3n) is 4.07. The van der Waals surface area contributed by atoms with Crippen molar-refractivity contribution in [3.63, 3.8) is 0 Å². The summed E-state index contributed by atoms with van der Waals surface area (Å²) < 4.78 is 5.94. The molecule has 3 rings (SSSR count). The number of carbonyl (C=O) groups is 1. The van der Waals surface area contributed by atoms with Crippen LogP contribution in [0.3, 0.4) is 0 Å². The summed E-state index contributed by atoms with van der Waals surface area (Å²) in [6, 6.07) is 8.79. The van der Waals surface area contributed by atoms with E-state index in [2.05, 4.69) is 4.98 Å². The highest BCUT2D eigenvalue weighted by atomic mass is 35.5. The molecule has 1 aliphatic heterocycles. The Morgan fingerprint density at radius 2 is 1.96 bits per heavy atom. The minimum atomic E-state index is -0.0852. The zero-order chi connectivity index (χ0) is 17.1. The van der Waals surface area contributed by atoms with Gasteiger partial charge in [0.1, 0.15) is 11.9 Å². The van der Waals surface area contributed by atoms with Crippen LogP contribution >= 0.6 is 23.2 Å². The second-order valence-electron chi connectivity index (χ2n) is 5.87. The highest BCUT2D eigenvalue weighted by Gasteiger charge is 2.26. The van der Waals surface area contributed by atoms with Crippen molar-refractivity contribution in [2.24, 2.45) is 0 Å². The fraction of sp³-hybridized carbons (Fsp3) is 0.333. The van der Waals surface area contributed by atoms with Crippen molar-refractivity contribution >= 4 is 29.1 Å². The lowest BCUT2D eigenvalue weighted by molar-refractivity contribution is 0.0595. The quantitative estimate of drug-likeness (QED) is 0.811. The summed E-state index contributed by atoms with van der Waals surface area (Å²) in [5.74, 6) is 0.682. The van der Waals surface area contributed by atoms with E-state index in [0.717, 1.165) is 24.3 Å². The third kappa shape index (κ3) is 4.00. The molecule has 1 aromatic carbocycles. The Kier molecular flexibility index (Phi) is 5.27. The minimum absolute atomic E-state index is 0.0852. The average Bonchev–Trinajstić information content (AvgIpc) is 2.59. The van der Waals surface area contributed by atoms with E-state index in [1.165, 1.54) is 0 Å². The van der Waals surface area contributed by atoms with Gasteiger partial charge < -0.3 is 9.64 Å². The molecule has 0 unspecified atom stereocenters. The molecular formula is C18H18Cl2N2O2. The smallest absolute Gasteiger partial charge is 0.255 e. The standard InChI is InChI=1S/C18H18Cl2N2O2/c1-12-2-4-15(11-21-12)24-14-6-8-22(9-7-14)18(23)16-10-13(19)3-5-17(16)20/h2-5,10-11,14H,6-9H2,1H3. The highest BCUT2D eigenvalue weighted by molar-refractivity contribution is 6.35. The molecule has 0 radical (unpaired) electrons. The van der Waals surface area contributed by atoms with E-state index < -0.39 is 0 Å². The number of piperidine rings is 1. The molecule has 126 valence electrons. The van der Waals surface area contributed by atoms with Gasteiger partial charge in [0.25, 0.3) is 5.91 Å². The lowest BCUT2D eigenvalue weighted by Crippen LogP contribution is -2.41. The van der Waals surface area contributed by atoms with Crippen molar-refractivity contribution in [2.75, 3.05) is 13.1 Å². The van der Waals surface area contributed by atoms with E-state index in [0.29, 0.717) is 28.7 Å². The minimum Gasteiger partial charge on any atom is -0.489 e. The maximum atomic E-state index is 12.6. The lowest BCUT2D eigenvalue weighted by Gasteiger charge is -2.32. The van der Waals surface area contributed by atoms with Crippen LogP contribution in [0.5, 0.6) is 5.75 Å². The molecule has 1 saturated heterocycles. The molecule has 0 saturated carbocycles. The molecule has 4 nitrogen and oxygen atoms in total. The summed E-state index contributed by atoms with van der Waals surface area (Å²) in [4.78, 5) is 18.6. The summed E-state index contributed by atoms with van der Waals surface area (Å²) in [6.07, 6.45) is 3.38. The first-order valence-electron chi connectivity index (χ1n) is 7.86. The van der Waals surface area contributed by atoms with Gasteiger partial charge in [-0.05, 0) is 37.3 Å². The van der Waals surface area contributed by atoms with Gasteiger partial charge in [-0.25, -0.2) is 0 Å². The number of aromatic nitrogens is 1. The molecule has 1 amide bonds. The first kappa shape index (κ1) is 17.1. The van der Waals surface area contributed by atoms with E-state index in [1.807, 2.05) is 19.1 Å². The molecule has 0 bridgehead atoms. The molecular weight excluding hydrogens is 347 g/mol. The maximum absolute atomic E-state index is 12.6. The molecule has 0 N–H and O–H groups in total. The van der Waals surface area contributed by atoms with Crippen molar-refractivity contribution in [1.29, 1.82) is 0 Å². The number of pyridine rings is 1. The second-order valence-corrected chi connectivity index (χ2v) is 6.71. The Balaban J connectivity index is 1.59. The van der Waals surface area contributed by atoms with Crippen molar-refractivity contribution in [3.05, 3.63) is 57.8 Å². The SMILES string of the molecule is Cc1ccc(OC2CCN(C(=O)c3cc(Cl)ccc3Cl)CC2)cn1. The van der Waals surface area contributed by atoms with Crippen LogP contribution in [-0.4, -0.2) is 35.0 Å². The first-order valence-corrected chi connectivity index (χ1v) is 8.62. The van der Waals surface area contributed by atoms with Crippen LogP contribution in [0.15, 0.2) is 36.5 Å². The number of amides is 1. The number of benzene rings is 1. The summed E-state index contributed by atoms with van der Waals surface area (Å²) in [5, 5.41) is 0.932. The Morgan fingerprint density at radius 3 is 2.62 bits per heavy atom. The van der Waals surface area contributed by atoms with E-state index in [4.69, 9.17) is 27.9 Å². The number of likely N-dealkylation sites (tertiary alicyclic amines) is 1. The van der Waals surface area contributed by atoms with Crippen LogP contribution in [0, 0.1) is 6.92 Å². The summed E-state index contributed by atoms with van der Waals surface area (Å²) in [5.41, 5.74) is 1.41. The monoisotopic (exact) mass is 364 g/mol. The van der Waals surface area contributed by atoms with Crippen molar-refractivity contribution in [1.82, 2.24) is 9.88 Å². The molecule has 0 spiro atoms. The highest BCUT2D eigenvalue weighted by Crippen LogP contribution is 2.24. The number of carbonyl (C=O) groups excluding carboxylic acids is 1. The predicted molar refractivity (Wildman–Crippen MR) is 95.0 cm³/mol. The second kappa shape index (κ2) is 7.41. The number of rotatable bonds is 3. The zero-order valence-electron chi connectivity index (χ0n) is 13.3. The van der Waals surface area contributed by atoms with Gasteiger partial charge in [0, 0.05) is 36.6 Å². The molecule has 2 heterocycles. The largest absolute Gasteiger partial charge is 0.489 e. The molecule has 1 aromatic heterocycles. The van der Waals surface area contributed by atoms with Crippen LogP contribution in [0.4, 0.5) is 0 Å². The number of nitrogens with zero attached hydrogens (tertiary/aromatic N) is 2. The number of ether oxygens (including phenoxy) is 1. The van der Waals surface area contributed by atoms with Gasteiger partial charge in [-0.15, -0.1) is 0 Å². The van der Waals surface area contributed by atoms with Gasteiger partial charge in [-0.2, -0.15) is 0 Å². The normalized spacial score (nSPS) is 15.4. The summed E-state index contributed by atoms with van der Waals surface area (Å²) in [7, 11) is 0. The fourth-order valence-corrected chi connectivity index (χ4v) is 3.10. The van der Waals surface area contributed by atoms with E-state index in [-0.39, 0.29) is 12.0 Å². The topological polar surface area (TPSA) is 42.4 Å². The zero-order valence-corrected chi connectivity index (χ0v) is 14.8. The number of hydrogen-bond donors (Lipinski definition) is 0. The molecule has 0 aliphatic carbocycles. The van der Waals surface area contributed by atoms with Gasteiger partial charge in [0.05, 0.1) is 16.8 Å². The Morgan fingerprint density at radius 1 is 1.21 bits per heavy atom. The summed E-state index contributed by atoms with van der Waals surface area (Å²) >= 11 is 12.1. The first-order chi connectivity index (χ1) is 11.5. The Hall–Kier alpha value is -1.78. The number of aryl methyl sites for hydroxylation is 1. The number of halogens is 2. The van der Waals surface area contributed by atoms with Crippen molar-refractivity contribution in [3.8, 4) is 5.75 Å². The van der Waals surface area contributed by atoms with Gasteiger partial charge in [-0.3, -0.25) is 9.78 Å². The van der Waals surface area contributed by atoms with Gasteiger partial charge in [0.15, 0.2) is 0 Å². The average molecular weight is 365 g/mol. The summed E-state index contributed by atoms with van der Waals surface area (Å²) in [6.45, 7) is 3.20. The number of hydrogen-bond acceptors (Lipinski definition) is 3. The van der Waals surface area contributed by atoms with Gasteiger partial charge in [-0.1, -0.05) is 23.2 Å². The van der Waals surface area contributed by atoms with Crippen LogP contribution < -0.4 is 4.74 Å². The molecule has 6 heteroatoms. The third-order valence-corrected chi connectivity index (χ3v) is 4.64. The van der Waals surface area contributed by atoms with Crippen LogP contribution in [0.2, 0.25) is 10.0 Å². The maximum Gasteiger partial charge on any atom is 0.255 e. The predicted octanol–water partition coefficient (Wildman–Crippen LogP) is 4.38. The van der Waals surface area contributed by atoms with Gasteiger partial charge >= 0.3 is 0 Å². The molecule has 0 atom stereocenters. The van der Waals surface area contributed by atoms with Crippen LogP contribution in [-0.2, 0) is 0 Å².